The topological polar surface area (TPSA) is 67.6 Å². The van der Waals surface area contributed by atoms with Crippen LogP contribution in [0, 0.1) is 5.92 Å². The van der Waals surface area contributed by atoms with Crippen molar-refractivity contribution in [2.24, 2.45) is 11.7 Å². The van der Waals surface area contributed by atoms with Crippen LogP contribution in [0.3, 0.4) is 0 Å². The molecule has 26 heavy (non-hydrogen) atoms. The third-order valence-electron chi connectivity index (χ3n) is 5.53. The number of alkyl halides is 2. The lowest BCUT2D eigenvalue weighted by Gasteiger charge is -2.37. The summed E-state index contributed by atoms with van der Waals surface area (Å²) in [5, 5.41) is 3.11. The fourth-order valence-corrected chi connectivity index (χ4v) is 4.10. The maximum Gasteiger partial charge on any atom is 0.387 e. The normalized spacial score (nSPS) is 29.0. The predicted molar refractivity (Wildman–Crippen MR) is 96.4 cm³/mol. The predicted octanol–water partition coefficient (Wildman–Crippen LogP) is 2.89. The van der Waals surface area contributed by atoms with Gasteiger partial charge in [-0.25, -0.2) is 0 Å². The molecule has 1 aromatic carbocycles. The number of anilines is 1. The van der Waals surface area contributed by atoms with Gasteiger partial charge in [-0.3, -0.25) is 4.79 Å². The van der Waals surface area contributed by atoms with E-state index < -0.39 is 12.2 Å². The van der Waals surface area contributed by atoms with Crippen LogP contribution in [-0.2, 0) is 4.79 Å². The molecule has 3 N–H and O–H groups in total. The molecule has 1 amide bonds. The largest absolute Gasteiger partial charge is 0.433 e. The zero-order chi connectivity index (χ0) is 18.7. The van der Waals surface area contributed by atoms with Crippen molar-refractivity contribution in [1.82, 2.24) is 5.32 Å². The van der Waals surface area contributed by atoms with Crippen molar-refractivity contribution < 1.29 is 18.3 Å². The number of carbonyl (C=O) groups is 1. The third kappa shape index (κ3) is 4.26. The Morgan fingerprint density at radius 1 is 1.35 bits per heavy atom. The molecule has 1 aromatic rings. The number of benzene rings is 1. The molecule has 1 aliphatic heterocycles. The van der Waals surface area contributed by atoms with E-state index in [1.807, 2.05) is 11.8 Å². The summed E-state index contributed by atoms with van der Waals surface area (Å²) >= 11 is 0. The van der Waals surface area contributed by atoms with Crippen molar-refractivity contribution in [2.75, 3.05) is 18.0 Å². The number of nitrogens with two attached hydrogens (primary N) is 1. The van der Waals surface area contributed by atoms with Crippen LogP contribution in [0.2, 0.25) is 0 Å². The Hall–Kier alpha value is -1.89. The maximum absolute atomic E-state index is 12.7. The van der Waals surface area contributed by atoms with Gasteiger partial charge in [0.15, 0.2) is 0 Å². The number of ether oxygens (including phenoxy) is 1. The highest BCUT2D eigenvalue weighted by Gasteiger charge is 2.39. The number of amides is 1. The van der Waals surface area contributed by atoms with E-state index in [1.165, 1.54) is 6.07 Å². The Morgan fingerprint density at radius 3 is 2.85 bits per heavy atom. The van der Waals surface area contributed by atoms with Gasteiger partial charge in [-0.1, -0.05) is 25.0 Å². The van der Waals surface area contributed by atoms with Crippen molar-refractivity contribution in [3.05, 3.63) is 24.3 Å². The number of hydrogen-bond donors (Lipinski definition) is 2. The van der Waals surface area contributed by atoms with Gasteiger partial charge in [0.2, 0.25) is 5.91 Å². The second-order valence-corrected chi connectivity index (χ2v) is 7.59. The van der Waals surface area contributed by atoms with Gasteiger partial charge in [0.25, 0.3) is 0 Å². The minimum atomic E-state index is -2.86. The molecular formula is C19H27F2N3O2. The number of halogens is 2. The summed E-state index contributed by atoms with van der Waals surface area (Å²) in [6.07, 6.45) is 4.54. The van der Waals surface area contributed by atoms with Crippen molar-refractivity contribution in [3.63, 3.8) is 0 Å². The van der Waals surface area contributed by atoms with Crippen molar-refractivity contribution in [3.8, 4) is 5.75 Å². The Labute approximate surface area is 152 Å². The molecule has 2 fully saturated rings. The second kappa shape index (κ2) is 7.78. The van der Waals surface area contributed by atoms with E-state index in [2.05, 4.69) is 10.1 Å². The number of rotatable bonds is 5. The highest BCUT2D eigenvalue weighted by Crippen LogP contribution is 2.33. The monoisotopic (exact) mass is 367 g/mol. The Balaban J connectivity index is 1.62. The van der Waals surface area contributed by atoms with Crippen LogP contribution in [0.4, 0.5) is 14.5 Å². The van der Waals surface area contributed by atoms with E-state index in [0.29, 0.717) is 18.8 Å². The van der Waals surface area contributed by atoms with Gasteiger partial charge in [0.1, 0.15) is 5.75 Å². The number of nitrogens with one attached hydrogen (secondary N) is 1. The average Bonchev–Trinajstić information content (AvgIpc) is 3.02. The lowest BCUT2D eigenvalue weighted by atomic mass is 9.74. The molecule has 0 radical (unpaired) electrons. The van der Waals surface area contributed by atoms with Crippen LogP contribution < -0.4 is 20.7 Å². The Kier molecular flexibility index (Phi) is 5.65. The first kappa shape index (κ1) is 18.9. The standard InChI is InChI=1S/C19H27F2N3O2/c1-19(22)10-5-4-6-14(19)17(25)23-13-9-11-24(12-13)15-7-2-3-8-16(15)26-18(20)21/h2-3,7-8,13-14,18H,4-6,9-12,22H2,1H3,(H,23,25). The molecule has 7 heteroatoms. The minimum Gasteiger partial charge on any atom is -0.433 e. The van der Waals surface area contributed by atoms with Gasteiger partial charge in [0, 0.05) is 24.7 Å². The molecule has 3 unspecified atom stereocenters. The van der Waals surface area contributed by atoms with E-state index in [4.69, 9.17) is 5.73 Å². The van der Waals surface area contributed by atoms with Crippen molar-refractivity contribution in [1.29, 1.82) is 0 Å². The molecule has 5 nitrogen and oxygen atoms in total. The van der Waals surface area contributed by atoms with Crippen LogP contribution in [0.15, 0.2) is 24.3 Å². The molecule has 1 saturated heterocycles. The summed E-state index contributed by atoms with van der Waals surface area (Å²) in [5.41, 5.74) is 6.49. The molecule has 144 valence electrons. The van der Waals surface area contributed by atoms with Crippen molar-refractivity contribution >= 4 is 11.6 Å². The van der Waals surface area contributed by atoms with Crippen LogP contribution >= 0.6 is 0 Å². The van der Waals surface area contributed by atoms with E-state index in [0.717, 1.165) is 32.1 Å². The van der Waals surface area contributed by atoms with E-state index in [9.17, 15) is 13.6 Å². The highest BCUT2D eigenvalue weighted by molar-refractivity contribution is 5.80. The first-order valence-corrected chi connectivity index (χ1v) is 9.25. The molecule has 0 aromatic heterocycles. The van der Waals surface area contributed by atoms with E-state index in [-0.39, 0.29) is 23.6 Å². The smallest absolute Gasteiger partial charge is 0.387 e. The lowest BCUT2D eigenvalue weighted by Crippen LogP contribution is -2.54. The Bertz CT molecular complexity index is 639. The summed E-state index contributed by atoms with van der Waals surface area (Å²) in [6, 6.07) is 6.75. The second-order valence-electron chi connectivity index (χ2n) is 7.59. The van der Waals surface area contributed by atoms with Crippen LogP contribution in [0.1, 0.15) is 39.0 Å². The molecule has 2 aliphatic rings. The summed E-state index contributed by atoms with van der Waals surface area (Å²) in [6.45, 7) is 0.348. The van der Waals surface area contributed by atoms with Crippen molar-refractivity contribution in [2.45, 2.75) is 57.2 Å². The van der Waals surface area contributed by atoms with Crippen LogP contribution in [0.5, 0.6) is 5.75 Å². The molecule has 1 saturated carbocycles. The molecule has 0 spiro atoms. The van der Waals surface area contributed by atoms with Gasteiger partial charge in [-0.15, -0.1) is 0 Å². The highest BCUT2D eigenvalue weighted by atomic mass is 19.3. The SMILES string of the molecule is CC1(N)CCCCC1C(=O)NC1CCN(c2ccccc2OC(F)F)C1. The zero-order valence-corrected chi connectivity index (χ0v) is 15.1. The minimum absolute atomic E-state index is 0.0127. The van der Waals surface area contributed by atoms with E-state index >= 15 is 0 Å². The Morgan fingerprint density at radius 2 is 2.12 bits per heavy atom. The van der Waals surface area contributed by atoms with E-state index in [1.54, 1.807) is 18.2 Å². The molecular weight excluding hydrogens is 340 g/mol. The number of hydrogen-bond acceptors (Lipinski definition) is 4. The van der Waals surface area contributed by atoms with Gasteiger partial charge < -0.3 is 20.7 Å². The molecule has 1 heterocycles. The first-order chi connectivity index (χ1) is 12.4. The summed E-state index contributed by atoms with van der Waals surface area (Å²) < 4.78 is 29.8. The number of para-hydroxylation sites is 2. The quantitative estimate of drug-likeness (QED) is 0.840. The molecule has 0 bridgehead atoms. The lowest BCUT2D eigenvalue weighted by molar-refractivity contribution is -0.128. The van der Waals surface area contributed by atoms with Gasteiger partial charge in [0.05, 0.1) is 11.6 Å². The fraction of sp³-hybridized carbons (Fsp3) is 0.632. The van der Waals surface area contributed by atoms with Crippen LogP contribution in [-0.4, -0.2) is 37.2 Å². The summed E-state index contributed by atoms with van der Waals surface area (Å²) in [5.74, 6) is 0.00899. The summed E-state index contributed by atoms with van der Waals surface area (Å²) in [7, 11) is 0. The fourth-order valence-electron chi connectivity index (χ4n) is 4.10. The van der Waals surface area contributed by atoms with Gasteiger partial charge >= 0.3 is 6.61 Å². The van der Waals surface area contributed by atoms with Gasteiger partial charge in [-0.05, 0) is 38.3 Å². The maximum atomic E-state index is 12.7. The van der Waals surface area contributed by atoms with Crippen LogP contribution in [0.25, 0.3) is 0 Å². The zero-order valence-electron chi connectivity index (χ0n) is 15.1. The molecule has 3 atom stereocenters. The summed E-state index contributed by atoms with van der Waals surface area (Å²) in [4.78, 5) is 14.7. The number of carbonyl (C=O) groups excluding carboxylic acids is 1. The third-order valence-corrected chi connectivity index (χ3v) is 5.53. The van der Waals surface area contributed by atoms with Gasteiger partial charge in [-0.2, -0.15) is 8.78 Å². The number of nitrogens with zero attached hydrogens (tertiary/aromatic N) is 1. The average molecular weight is 367 g/mol. The molecule has 1 aliphatic carbocycles. The first-order valence-electron chi connectivity index (χ1n) is 9.25. The molecule has 3 rings (SSSR count).